The van der Waals surface area contributed by atoms with Crippen LogP contribution in [0.5, 0.6) is 5.88 Å². The summed E-state index contributed by atoms with van der Waals surface area (Å²) in [6.07, 6.45) is 4.26. The molecule has 0 bridgehead atoms. The Morgan fingerprint density at radius 2 is 2.35 bits per heavy atom. The van der Waals surface area contributed by atoms with Gasteiger partial charge in [-0.1, -0.05) is 0 Å². The zero-order valence-corrected chi connectivity index (χ0v) is 10.0. The highest BCUT2D eigenvalue weighted by atomic mass is 16.5. The molecule has 1 atom stereocenters. The average molecular weight is 232 g/mol. The fraction of sp³-hybridized carbons (Fsp3) is 0.308. The molecule has 2 heterocycles. The number of anilines is 1. The van der Waals surface area contributed by atoms with Gasteiger partial charge in [-0.3, -0.25) is 0 Å². The van der Waals surface area contributed by atoms with Gasteiger partial charge in [0.1, 0.15) is 5.76 Å². The van der Waals surface area contributed by atoms with Gasteiger partial charge < -0.3 is 14.5 Å². The lowest BCUT2D eigenvalue weighted by molar-refractivity contribution is 0.398. The van der Waals surface area contributed by atoms with E-state index in [-0.39, 0.29) is 6.04 Å². The van der Waals surface area contributed by atoms with E-state index in [1.165, 1.54) is 0 Å². The zero-order valence-electron chi connectivity index (χ0n) is 10.0. The molecule has 0 saturated heterocycles. The molecule has 4 heteroatoms. The Labute approximate surface area is 101 Å². The standard InChI is InChI=1S/C13H16N2O2/c1-10(8-12-4-3-7-17-12)15-11-5-6-14-13(9-11)16-2/h3-7,9-10H,8H2,1-2H3,(H,14,15). The molecule has 4 nitrogen and oxygen atoms in total. The van der Waals surface area contributed by atoms with Gasteiger partial charge in [-0.25, -0.2) is 4.98 Å². The number of rotatable bonds is 5. The molecule has 0 aliphatic heterocycles. The fourth-order valence-electron chi connectivity index (χ4n) is 1.68. The minimum atomic E-state index is 0.285. The highest BCUT2D eigenvalue weighted by Crippen LogP contribution is 2.15. The van der Waals surface area contributed by atoms with E-state index in [2.05, 4.69) is 17.2 Å². The lowest BCUT2D eigenvalue weighted by Gasteiger charge is -2.14. The van der Waals surface area contributed by atoms with Crippen molar-refractivity contribution in [3.63, 3.8) is 0 Å². The van der Waals surface area contributed by atoms with Crippen LogP contribution in [0.2, 0.25) is 0 Å². The average Bonchev–Trinajstić information content (AvgIpc) is 2.82. The van der Waals surface area contributed by atoms with Crippen LogP contribution < -0.4 is 10.1 Å². The summed E-state index contributed by atoms with van der Waals surface area (Å²) in [4.78, 5) is 4.06. The van der Waals surface area contributed by atoms with Crippen molar-refractivity contribution in [2.24, 2.45) is 0 Å². The van der Waals surface area contributed by atoms with Crippen LogP contribution in [-0.2, 0) is 6.42 Å². The summed E-state index contributed by atoms with van der Waals surface area (Å²) in [6.45, 7) is 2.11. The van der Waals surface area contributed by atoms with Crippen LogP contribution in [0.25, 0.3) is 0 Å². The summed E-state index contributed by atoms with van der Waals surface area (Å²) >= 11 is 0. The van der Waals surface area contributed by atoms with E-state index in [4.69, 9.17) is 9.15 Å². The first-order valence-electron chi connectivity index (χ1n) is 5.57. The molecular formula is C13H16N2O2. The third-order valence-corrected chi connectivity index (χ3v) is 2.44. The minimum absolute atomic E-state index is 0.285. The summed E-state index contributed by atoms with van der Waals surface area (Å²) in [5.41, 5.74) is 0.996. The molecule has 0 aromatic carbocycles. The predicted octanol–water partition coefficient (Wildman–Crippen LogP) is 2.73. The monoisotopic (exact) mass is 232 g/mol. The number of hydrogen-bond acceptors (Lipinski definition) is 4. The summed E-state index contributed by atoms with van der Waals surface area (Å²) in [6, 6.07) is 7.95. The molecule has 2 aromatic rings. The topological polar surface area (TPSA) is 47.3 Å². The SMILES string of the molecule is COc1cc(NC(C)Cc2ccco2)ccn1. The van der Waals surface area contributed by atoms with Gasteiger partial charge >= 0.3 is 0 Å². The molecule has 0 radical (unpaired) electrons. The van der Waals surface area contributed by atoms with E-state index in [1.807, 2.05) is 24.3 Å². The van der Waals surface area contributed by atoms with Crippen molar-refractivity contribution in [2.45, 2.75) is 19.4 Å². The third kappa shape index (κ3) is 3.24. The molecule has 0 aliphatic carbocycles. The van der Waals surface area contributed by atoms with Crippen molar-refractivity contribution in [1.29, 1.82) is 0 Å². The lowest BCUT2D eigenvalue weighted by Crippen LogP contribution is -2.17. The van der Waals surface area contributed by atoms with Gasteiger partial charge in [0.25, 0.3) is 0 Å². The van der Waals surface area contributed by atoms with Crippen LogP contribution in [0.1, 0.15) is 12.7 Å². The maximum atomic E-state index is 5.31. The van der Waals surface area contributed by atoms with Gasteiger partial charge in [0, 0.05) is 30.4 Å². The summed E-state index contributed by atoms with van der Waals surface area (Å²) in [5.74, 6) is 1.59. The second-order valence-electron chi connectivity index (χ2n) is 3.92. The highest BCUT2D eigenvalue weighted by molar-refractivity contribution is 5.45. The van der Waals surface area contributed by atoms with Gasteiger partial charge in [-0.15, -0.1) is 0 Å². The van der Waals surface area contributed by atoms with Gasteiger partial charge in [-0.05, 0) is 25.1 Å². The van der Waals surface area contributed by atoms with E-state index in [9.17, 15) is 0 Å². The molecule has 1 unspecified atom stereocenters. The van der Waals surface area contributed by atoms with Gasteiger partial charge in [-0.2, -0.15) is 0 Å². The Hall–Kier alpha value is -1.97. The molecule has 0 aliphatic rings. The van der Waals surface area contributed by atoms with Crippen LogP contribution >= 0.6 is 0 Å². The number of methoxy groups -OCH3 is 1. The second kappa shape index (κ2) is 5.39. The van der Waals surface area contributed by atoms with Gasteiger partial charge in [0.05, 0.1) is 13.4 Å². The Morgan fingerprint density at radius 3 is 3.06 bits per heavy atom. The first-order chi connectivity index (χ1) is 8.28. The maximum Gasteiger partial charge on any atom is 0.214 e. The van der Waals surface area contributed by atoms with Crippen LogP contribution in [0.15, 0.2) is 41.1 Å². The molecule has 0 saturated carbocycles. The van der Waals surface area contributed by atoms with Crippen LogP contribution in [0.3, 0.4) is 0 Å². The molecule has 2 rings (SSSR count). The first kappa shape index (κ1) is 11.5. The Morgan fingerprint density at radius 1 is 1.47 bits per heavy atom. The van der Waals surface area contributed by atoms with E-state index < -0.39 is 0 Å². The predicted molar refractivity (Wildman–Crippen MR) is 66.3 cm³/mol. The van der Waals surface area contributed by atoms with Gasteiger partial charge in [0.2, 0.25) is 5.88 Å². The molecule has 0 amide bonds. The smallest absolute Gasteiger partial charge is 0.214 e. The van der Waals surface area contributed by atoms with E-state index in [1.54, 1.807) is 19.6 Å². The number of nitrogens with zero attached hydrogens (tertiary/aromatic N) is 1. The van der Waals surface area contributed by atoms with Crippen molar-refractivity contribution in [3.8, 4) is 5.88 Å². The third-order valence-electron chi connectivity index (χ3n) is 2.44. The number of pyridine rings is 1. The van der Waals surface area contributed by atoms with Crippen LogP contribution in [0, 0.1) is 0 Å². The number of ether oxygens (including phenoxy) is 1. The Balaban J connectivity index is 1.95. The summed E-state index contributed by atoms with van der Waals surface area (Å²) in [5, 5.41) is 3.37. The van der Waals surface area contributed by atoms with Gasteiger partial charge in [0.15, 0.2) is 0 Å². The molecule has 2 aromatic heterocycles. The quantitative estimate of drug-likeness (QED) is 0.861. The molecule has 1 N–H and O–H groups in total. The van der Waals surface area contributed by atoms with E-state index in [0.29, 0.717) is 5.88 Å². The molecule has 90 valence electrons. The normalized spacial score (nSPS) is 12.1. The molecule has 17 heavy (non-hydrogen) atoms. The molecule has 0 fully saturated rings. The van der Waals surface area contributed by atoms with Crippen LogP contribution in [0.4, 0.5) is 5.69 Å². The number of nitrogens with one attached hydrogen (secondary N) is 1. The number of hydrogen-bond donors (Lipinski definition) is 1. The fourth-order valence-corrected chi connectivity index (χ4v) is 1.68. The van der Waals surface area contributed by atoms with Crippen molar-refractivity contribution in [2.75, 3.05) is 12.4 Å². The van der Waals surface area contributed by atoms with Crippen molar-refractivity contribution < 1.29 is 9.15 Å². The number of aromatic nitrogens is 1. The summed E-state index contributed by atoms with van der Waals surface area (Å²) < 4.78 is 10.4. The van der Waals surface area contributed by atoms with E-state index >= 15 is 0 Å². The number of furan rings is 1. The minimum Gasteiger partial charge on any atom is -0.481 e. The van der Waals surface area contributed by atoms with Crippen molar-refractivity contribution >= 4 is 5.69 Å². The second-order valence-corrected chi connectivity index (χ2v) is 3.92. The lowest BCUT2D eigenvalue weighted by atomic mass is 10.2. The molecular weight excluding hydrogens is 216 g/mol. The highest BCUT2D eigenvalue weighted by Gasteiger charge is 2.06. The zero-order chi connectivity index (χ0) is 12.1. The van der Waals surface area contributed by atoms with E-state index in [0.717, 1.165) is 17.9 Å². The summed E-state index contributed by atoms with van der Waals surface area (Å²) in [7, 11) is 1.61. The Kier molecular flexibility index (Phi) is 3.65. The molecule has 0 spiro atoms. The maximum absolute atomic E-state index is 5.31. The largest absolute Gasteiger partial charge is 0.481 e. The Bertz CT molecular complexity index is 454. The van der Waals surface area contributed by atoms with Crippen molar-refractivity contribution in [1.82, 2.24) is 4.98 Å². The van der Waals surface area contributed by atoms with Crippen molar-refractivity contribution in [3.05, 3.63) is 42.5 Å². The first-order valence-corrected chi connectivity index (χ1v) is 5.57. The van der Waals surface area contributed by atoms with Crippen LogP contribution in [-0.4, -0.2) is 18.1 Å².